The molecule has 1 unspecified atom stereocenters. The smallest absolute Gasteiger partial charge is 0.122 e. The van der Waals surface area contributed by atoms with Crippen molar-refractivity contribution in [2.45, 2.75) is 12.5 Å². The van der Waals surface area contributed by atoms with Crippen molar-refractivity contribution in [1.82, 2.24) is 5.43 Å². The summed E-state index contributed by atoms with van der Waals surface area (Å²) in [6, 6.07) is 10.2. The van der Waals surface area contributed by atoms with Gasteiger partial charge in [0.05, 0.1) is 13.2 Å². The molecule has 0 saturated carbocycles. The molecule has 0 aliphatic rings. The maximum absolute atomic E-state index is 5.65. The molecule has 0 saturated heterocycles. The van der Waals surface area contributed by atoms with Gasteiger partial charge in [0.25, 0.3) is 0 Å². The van der Waals surface area contributed by atoms with Crippen molar-refractivity contribution >= 4 is 27.3 Å². The second-order valence-corrected chi connectivity index (χ2v) is 5.76. The zero-order chi connectivity index (χ0) is 13.0. The molecule has 0 spiro atoms. The number of benzene rings is 1. The lowest BCUT2D eigenvalue weighted by atomic mass is 10.0. The third kappa shape index (κ3) is 3.11. The van der Waals surface area contributed by atoms with E-state index in [1.54, 1.807) is 18.4 Å². The summed E-state index contributed by atoms with van der Waals surface area (Å²) in [4.78, 5) is 1.20. The number of para-hydroxylation sites is 1. The number of ether oxygens (including phenoxy) is 1. The van der Waals surface area contributed by atoms with Gasteiger partial charge in [-0.25, -0.2) is 0 Å². The van der Waals surface area contributed by atoms with Crippen molar-refractivity contribution in [2.75, 3.05) is 7.11 Å². The molecule has 96 valence electrons. The minimum Gasteiger partial charge on any atom is -0.496 e. The Labute approximate surface area is 119 Å². The van der Waals surface area contributed by atoms with Gasteiger partial charge in [-0.3, -0.25) is 11.3 Å². The zero-order valence-electron chi connectivity index (χ0n) is 10.0. The molecule has 0 bridgehead atoms. The van der Waals surface area contributed by atoms with Gasteiger partial charge >= 0.3 is 0 Å². The molecule has 1 atom stereocenters. The van der Waals surface area contributed by atoms with Crippen molar-refractivity contribution < 1.29 is 4.74 Å². The molecule has 0 aliphatic heterocycles. The minimum absolute atomic E-state index is 0.0950. The van der Waals surface area contributed by atoms with Crippen LogP contribution in [0, 0.1) is 0 Å². The third-order valence-corrected chi connectivity index (χ3v) is 4.56. The third-order valence-electron chi connectivity index (χ3n) is 2.75. The lowest BCUT2D eigenvalue weighted by Crippen LogP contribution is -2.29. The average Bonchev–Trinajstić information content (AvgIpc) is 2.83. The quantitative estimate of drug-likeness (QED) is 0.654. The van der Waals surface area contributed by atoms with Crippen LogP contribution in [0.15, 0.2) is 40.2 Å². The van der Waals surface area contributed by atoms with Crippen LogP contribution in [0.25, 0.3) is 0 Å². The van der Waals surface area contributed by atoms with Gasteiger partial charge in [0.1, 0.15) is 5.75 Å². The lowest BCUT2D eigenvalue weighted by molar-refractivity contribution is 0.406. The molecule has 3 N–H and O–H groups in total. The molecule has 3 nitrogen and oxygen atoms in total. The molecule has 0 aliphatic carbocycles. The van der Waals surface area contributed by atoms with Crippen LogP contribution in [-0.2, 0) is 6.42 Å². The van der Waals surface area contributed by atoms with E-state index >= 15 is 0 Å². The largest absolute Gasteiger partial charge is 0.496 e. The van der Waals surface area contributed by atoms with E-state index in [2.05, 4.69) is 38.9 Å². The first kappa shape index (κ1) is 13.5. The Morgan fingerprint density at radius 2 is 2.22 bits per heavy atom. The van der Waals surface area contributed by atoms with Crippen LogP contribution in [0.1, 0.15) is 16.5 Å². The molecule has 0 amide bonds. The number of hydrogen-bond donors (Lipinski definition) is 2. The summed E-state index contributed by atoms with van der Waals surface area (Å²) in [6.07, 6.45) is 0.799. The van der Waals surface area contributed by atoms with Crippen LogP contribution in [0.3, 0.4) is 0 Å². The van der Waals surface area contributed by atoms with Crippen LogP contribution in [0.5, 0.6) is 5.75 Å². The fourth-order valence-corrected chi connectivity index (χ4v) is 3.35. The van der Waals surface area contributed by atoms with Crippen molar-refractivity contribution in [3.63, 3.8) is 0 Å². The summed E-state index contributed by atoms with van der Waals surface area (Å²) in [5.74, 6) is 6.55. The van der Waals surface area contributed by atoms with Gasteiger partial charge in [-0.05, 0) is 40.0 Å². The van der Waals surface area contributed by atoms with Gasteiger partial charge in [0.15, 0.2) is 0 Å². The molecule has 2 aromatic rings. The standard InChI is InChI=1S/C13H15BrN2OS/c1-17-12-5-3-2-4-9(12)6-11(16-15)13-7-10(14)8-18-13/h2-5,7-8,11,16H,6,15H2,1H3. The summed E-state index contributed by atoms with van der Waals surface area (Å²) in [6.45, 7) is 0. The summed E-state index contributed by atoms with van der Waals surface area (Å²) >= 11 is 5.15. The maximum Gasteiger partial charge on any atom is 0.122 e. The van der Waals surface area contributed by atoms with Crippen LogP contribution >= 0.6 is 27.3 Å². The lowest BCUT2D eigenvalue weighted by Gasteiger charge is -2.16. The normalized spacial score (nSPS) is 12.4. The van der Waals surface area contributed by atoms with Gasteiger partial charge in [0, 0.05) is 14.7 Å². The van der Waals surface area contributed by atoms with E-state index in [9.17, 15) is 0 Å². The fourth-order valence-electron chi connectivity index (χ4n) is 1.84. The Morgan fingerprint density at radius 3 is 2.83 bits per heavy atom. The first-order chi connectivity index (χ1) is 8.74. The second-order valence-electron chi connectivity index (χ2n) is 3.90. The fraction of sp³-hybridized carbons (Fsp3) is 0.231. The van der Waals surface area contributed by atoms with E-state index in [0.717, 1.165) is 22.2 Å². The van der Waals surface area contributed by atoms with Gasteiger partial charge in [-0.1, -0.05) is 18.2 Å². The number of hydrazine groups is 1. The Kier molecular flexibility index (Phi) is 4.77. The average molecular weight is 327 g/mol. The summed E-state index contributed by atoms with van der Waals surface area (Å²) in [5.41, 5.74) is 4.01. The van der Waals surface area contributed by atoms with E-state index in [0.29, 0.717) is 0 Å². The van der Waals surface area contributed by atoms with Gasteiger partial charge in [-0.2, -0.15) is 0 Å². The van der Waals surface area contributed by atoms with Crippen molar-refractivity contribution in [1.29, 1.82) is 0 Å². The van der Waals surface area contributed by atoms with Crippen LogP contribution < -0.4 is 16.0 Å². The molecule has 1 aromatic carbocycles. The highest BCUT2D eigenvalue weighted by Crippen LogP contribution is 2.29. The zero-order valence-corrected chi connectivity index (χ0v) is 12.4. The predicted molar refractivity (Wildman–Crippen MR) is 78.8 cm³/mol. The van der Waals surface area contributed by atoms with Gasteiger partial charge in [0.2, 0.25) is 0 Å². The molecule has 2 rings (SSSR count). The van der Waals surface area contributed by atoms with Crippen molar-refractivity contribution in [3.8, 4) is 5.75 Å². The van der Waals surface area contributed by atoms with Gasteiger partial charge < -0.3 is 4.74 Å². The monoisotopic (exact) mass is 326 g/mol. The molecule has 1 aromatic heterocycles. The number of halogens is 1. The molecular formula is C13H15BrN2OS. The molecule has 5 heteroatoms. The Morgan fingerprint density at radius 1 is 1.44 bits per heavy atom. The number of thiophene rings is 1. The second kappa shape index (κ2) is 6.33. The molecule has 18 heavy (non-hydrogen) atoms. The number of methoxy groups -OCH3 is 1. The van der Waals surface area contributed by atoms with Gasteiger partial charge in [-0.15, -0.1) is 11.3 Å². The first-order valence-electron chi connectivity index (χ1n) is 5.56. The summed E-state index contributed by atoms with van der Waals surface area (Å²) < 4.78 is 6.44. The van der Waals surface area contributed by atoms with Crippen LogP contribution in [-0.4, -0.2) is 7.11 Å². The number of nitrogens with two attached hydrogens (primary N) is 1. The highest BCUT2D eigenvalue weighted by atomic mass is 79.9. The van der Waals surface area contributed by atoms with Crippen LogP contribution in [0.2, 0.25) is 0 Å². The van der Waals surface area contributed by atoms with E-state index in [1.807, 2.05) is 18.2 Å². The SMILES string of the molecule is COc1ccccc1CC(NN)c1cc(Br)cs1. The van der Waals surface area contributed by atoms with E-state index in [-0.39, 0.29) is 6.04 Å². The molecule has 1 heterocycles. The predicted octanol–water partition coefficient (Wildman–Crippen LogP) is 3.27. The van der Waals surface area contributed by atoms with Crippen molar-refractivity contribution in [3.05, 3.63) is 50.6 Å². The highest BCUT2D eigenvalue weighted by Gasteiger charge is 2.14. The Bertz CT molecular complexity index is 515. The molecular weight excluding hydrogens is 312 g/mol. The summed E-state index contributed by atoms with van der Waals surface area (Å²) in [5, 5.41) is 2.06. The van der Waals surface area contributed by atoms with Crippen LogP contribution in [0.4, 0.5) is 0 Å². The Hall–Kier alpha value is -0.880. The van der Waals surface area contributed by atoms with Crippen molar-refractivity contribution in [2.24, 2.45) is 5.84 Å². The topological polar surface area (TPSA) is 47.3 Å². The minimum atomic E-state index is 0.0950. The molecule has 0 fully saturated rings. The number of nitrogens with one attached hydrogen (secondary N) is 1. The van der Waals surface area contributed by atoms with E-state index in [4.69, 9.17) is 10.6 Å². The Balaban J connectivity index is 2.20. The van der Waals surface area contributed by atoms with E-state index in [1.165, 1.54) is 4.88 Å². The van der Waals surface area contributed by atoms with E-state index < -0.39 is 0 Å². The molecule has 0 radical (unpaired) electrons. The first-order valence-corrected chi connectivity index (χ1v) is 7.24. The maximum atomic E-state index is 5.65. The number of rotatable bonds is 5. The number of hydrogen-bond acceptors (Lipinski definition) is 4. The summed E-state index contributed by atoms with van der Waals surface area (Å²) in [7, 11) is 1.69. The highest BCUT2D eigenvalue weighted by molar-refractivity contribution is 9.10.